The number of hydrogen-bond donors (Lipinski definition) is 2. The summed E-state index contributed by atoms with van der Waals surface area (Å²) in [5.74, 6) is 0.260. The molecule has 0 saturated carbocycles. The Morgan fingerprint density at radius 2 is 2.04 bits per heavy atom. The van der Waals surface area contributed by atoms with Gasteiger partial charge in [0.25, 0.3) is 0 Å². The maximum atomic E-state index is 12.2. The van der Waals surface area contributed by atoms with Gasteiger partial charge in [0.05, 0.1) is 0 Å². The van der Waals surface area contributed by atoms with Gasteiger partial charge in [0, 0.05) is 44.6 Å². The molecule has 2 heterocycles. The van der Waals surface area contributed by atoms with Crippen molar-refractivity contribution in [3.63, 3.8) is 0 Å². The molecule has 1 aromatic rings. The van der Waals surface area contributed by atoms with Crippen molar-refractivity contribution in [3.8, 4) is 0 Å². The predicted octanol–water partition coefficient (Wildman–Crippen LogP) is 1.77. The summed E-state index contributed by atoms with van der Waals surface area (Å²) in [5.41, 5.74) is 8.59. The average molecular weight is 360 g/mol. The average Bonchev–Trinajstić information content (AvgIpc) is 2.64. The van der Waals surface area contributed by atoms with E-state index in [1.54, 1.807) is 0 Å². The van der Waals surface area contributed by atoms with Gasteiger partial charge >= 0.3 is 0 Å². The van der Waals surface area contributed by atoms with Gasteiger partial charge in [0.1, 0.15) is 0 Å². The van der Waals surface area contributed by atoms with E-state index in [4.69, 9.17) is 10.8 Å². The molecule has 0 unspecified atom stereocenters. The van der Waals surface area contributed by atoms with E-state index in [0.29, 0.717) is 25.9 Å². The van der Waals surface area contributed by atoms with E-state index in [-0.39, 0.29) is 17.9 Å². The molecule has 0 aliphatic carbocycles. The summed E-state index contributed by atoms with van der Waals surface area (Å²) in [6.45, 7) is 5.57. The van der Waals surface area contributed by atoms with Crippen LogP contribution in [0, 0.1) is 5.41 Å². The molecule has 2 fully saturated rings. The van der Waals surface area contributed by atoms with Gasteiger partial charge in [0.15, 0.2) is 0 Å². The van der Waals surface area contributed by atoms with E-state index >= 15 is 0 Å². The zero-order chi connectivity index (χ0) is 18.4. The lowest BCUT2D eigenvalue weighted by Crippen LogP contribution is -2.54. The lowest BCUT2D eigenvalue weighted by atomic mass is 9.73. The maximum absolute atomic E-state index is 12.2. The standard InChI is InChI=1S/C21H33N3O2/c22-10-7-18-4-1-5-19(14-18)15-23-11-2-8-21(16-23)9-6-20(26)24(17-21)12-3-13-25/h1,4-5,14,25H,2-3,6-13,15-17,22H2/t21-/m1/s1. The predicted molar refractivity (Wildman–Crippen MR) is 104 cm³/mol. The van der Waals surface area contributed by atoms with Crippen molar-refractivity contribution in [2.24, 2.45) is 11.1 Å². The molecule has 1 atom stereocenters. The molecule has 0 radical (unpaired) electrons. The van der Waals surface area contributed by atoms with Gasteiger partial charge in [-0.3, -0.25) is 9.69 Å². The number of amides is 1. The molecule has 2 saturated heterocycles. The van der Waals surface area contributed by atoms with Gasteiger partial charge in [-0.2, -0.15) is 0 Å². The Morgan fingerprint density at radius 1 is 1.19 bits per heavy atom. The number of aliphatic hydroxyl groups excluding tert-OH is 1. The van der Waals surface area contributed by atoms with E-state index in [1.165, 1.54) is 24.0 Å². The fraction of sp³-hybridized carbons (Fsp3) is 0.667. The summed E-state index contributed by atoms with van der Waals surface area (Å²) >= 11 is 0. The molecule has 0 aromatic heterocycles. The van der Waals surface area contributed by atoms with Crippen LogP contribution in [0.3, 0.4) is 0 Å². The second-order valence-electron chi connectivity index (χ2n) is 8.07. The summed E-state index contributed by atoms with van der Waals surface area (Å²) in [4.78, 5) is 16.8. The molecule has 144 valence electrons. The summed E-state index contributed by atoms with van der Waals surface area (Å²) in [6.07, 6.45) is 5.68. The number of carbonyl (C=O) groups excluding carboxylic acids is 1. The van der Waals surface area contributed by atoms with Crippen LogP contribution < -0.4 is 5.73 Å². The van der Waals surface area contributed by atoms with Crippen molar-refractivity contribution in [2.45, 2.75) is 45.1 Å². The number of benzene rings is 1. The van der Waals surface area contributed by atoms with Crippen molar-refractivity contribution < 1.29 is 9.90 Å². The number of hydrogen-bond acceptors (Lipinski definition) is 4. The molecular formula is C21H33N3O2. The van der Waals surface area contributed by atoms with Gasteiger partial charge in [0.2, 0.25) is 5.91 Å². The minimum atomic E-state index is 0.155. The summed E-state index contributed by atoms with van der Waals surface area (Å²) in [7, 11) is 0. The minimum Gasteiger partial charge on any atom is -0.396 e. The fourth-order valence-corrected chi connectivity index (χ4v) is 4.65. The molecule has 1 aromatic carbocycles. The highest BCUT2D eigenvalue weighted by Gasteiger charge is 2.41. The molecule has 5 heteroatoms. The Bertz CT molecular complexity index is 607. The van der Waals surface area contributed by atoms with Gasteiger partial charge in [-0.15, -0.1) is 0 Å². The third kappa shape index (κ3) is 4.84. The van der Waals surface area contributed by atoms with Gasteiger partial charge in [-0.1, -0.05) is 24.3 Å². The van der Waals surface area contributed by atoms with Crippen LogP contribution in [0.25, 0.3) is 0 Å². The van der Waals surface area contributed by atoms with E-state index in [1.807, 2.05) is 4.90 Å². The quantitative estimate of drug-likeness (QED) is 0.778. The van der Waals surface area contributed by atoms with E-state index in [0.717, 1.165) is 39.0 Å². The minimum absolute atomic E-state index is 0.155. The largest absolute Gasteiger partial charge is 0.396 e. The third-order valence-electron chi connectivity index (χ3n) is 5.91. The molecule has 1 amide bonds. The van der Waals surface area contributed by atoms with Crippen molar-refractivity contribution in [1.29, 1.82) is 0 Å². The van der Waals surface area contributed by atoms with Crippen LogP contribution in [-0.4, -0.2) is 60.1 Å². The lowest BCUT2D eigenvalue weighted by molar-refractivity contribution is -0.139. The molecule has 2 aliphatic heterocycles. The van der Waals surface area contributed by atoms with Crippen molar-refractivity contribution in [2.75, 3.05) is 39.3 Å². The lowest BCUT2D eigenvalue weighted by Gasteiger charge is -2.48. The number of likely N-dealkylation sites (tertiary alicyclic amines) is 2. The first-order valence-electron chi connectivity index (χ1n) is 10.0. The highest BCUT2D eigenvalue weighted by molar-refractivity contribution is 5.77. The summed E-state index contributed by atoms with van der Waals surface area (Å²) in [5, 5.41) is 9.10. The Balaban J connectivity index is 1.63. The van der Waals surface area contributed by atoms with E-state index < -0.39 is 0 Å². The number of carbonyl (C=O) groups is 1. The van der Waals surface area contributed by atoms with E-state index in [9.17, 15) is 4.79 Å². The Kier molecular flexibility index (Phi) is 6.68. The monoisotopic (exact) mass is 359 g/mol. The number of piperidine rings is 2. The van der Waals surface area contributed by atoms with Crippen molar-refractivity contribution in [3.05, 3.63) is 35.4 Å². The van der Waals surface area contributed by atoms with Crippen LogP contribution in [0.4, 0.5) is 0 Å². The molecular weight excluding hydrogens is 326 g/mol. The third-order valence-corrected chi connectivity index (χ3v) is 5.91. The Labute approximate surface area is 157 Å². The molecule has 1 spiro atoms. The highest BCUT2D eigenvalue weighted by atomic mass is 16.3. The van der Waals surface area contributed by atoms with E-state index in [2.05, 4.69) is 29.2 Å². The SMILES string of the molecule is NCCc1cccc(CN2CCC[C@@]3(CCC(=O)N(CCCO)C3)C2)c1. The zero-order valence-electron chi connectivity index (χ0n) is 15.8. The highest BCUT2D eigenvalue weighted by Crippen LogP contribution is 2.39. The van der Waals surface area contributed by atoms with Gasteiger partial charge in [-0.25, -0.2) is 0 Å². The number of rotatable bonds is 7. The van der Waals surface area contributed by atoms with Crippen LogP contribution >= 0.6 is 0 Å². The summed E-state index contributed by atoms with van der Waals surface area (Å²) < 4.78 is 0. The van der Waals surface area contributed by atoms with Crippen molar-refractivity contribution in [1.82, 2.24) is 9.80 Å². The molecule has 3 rings (SSSR count). The fourth-order valence-electron chi connectivity index (χ4n) is 4.65. The van der Waals surface area contributed by atoms with Crippen LogP contribution in [0.1, 0.15) is 43.2 Å². The maximum Gasteiger partial charge on any atom is 0.222 e. The number of aliphatic hydroxyl groups is 1. The normalized spacial score (nSPS) is 24.4. The van der Waals surface area contributed by atoms with Gasteiger partial charge < -0.3 is 15.7 Å². The van der Waals surface area contributed by atoms with Gasteiger partial charge in [-0.05, 0) is 56.3 Å². The van der Waals surface area contributed by atoms with Crippen LogP contribution in [0.2, 0.25) is 0 Å². The molecule has 0 bridgehead atoms. The second kappa shape index (κ2) is 8.98. The smallest absolute Gasteiger partial charge is 0.222 e. The molecule has 5 nitrogen and oxygen atoms in total. The zero-order valence-corrected chi connectivity index (χ0v) is 15.8. The first-order chi connectivity index (χ1) is 12.6. The first-order valence-corrected chi connectivity index (χ1v) is 10.0. The molecule has 26 heavy (non-hydrogen) atoms. The molecule has 3 N–H and O–H groups in total. The Hall–Kier alpha value is -1.43. The van der Waals surface area contributed by atoms with Crippen LogP contribution in [0.15, 0.2) is 24.3 Å². The Morgan fingerprint density at radius 3 is 2.85 bits per heavy atom. The topological polar surface area (TPSA) is 69.8 Å². The molecule has 2 aliphatic rings. The van der Waals surface area contributed by atoms with Crippen LogP contribution in [0.5, 0.6) is 0 Å². The van der Waals surface area contributed by atoms with Crippen molar-refractivity contribution >= 4 is 5.91 Å². The first kappa shape index (κ1) is 19.3. The summed E-state index contributed by atoms with van der Waals surface area (Å²) in [6, 6.07) is 8.78. The number of nitrogens with zero attached hydrogens (tertiary/aromatic N) is 2. The van der Waals surface area contributed by atoms with Crippen LogP contribution in [-0.2, 0) is 17.8 Å². The number of nitrogens with two attached hydrogens (primary N) is 1. The second-order valence-corrected chi connectivity index (χ2v) is 8.07.